The highest BCUT2D eigenvalue weighted by Gasteiger charge is 2.10. The number of carbonyl (C=O) groups is 1. The molecule has 0 atom stereocenters. The second kappa shape index (κ2) is 8.15. The molecule has 0 aliphatic heterocycles. The van der Waals surface area contributed by atoms with Crippen LogP contribution in [-0.2, 0) is 4.79 Å². The molecule has 1 heterocycles. The first-order valence-electron chi connectivity index (χ1n) is 8.11. The molecule has 0 spiro atoms. The number of carbonyl (C=O) groups excluding carboxylic acids is 1. The normalized spacial score (nSPS) is 10.4. The topological polar surface area (TPSA) is 65.4 Å². The summed E-state index contributed by atoms with van der Waals surface area (Å²) in [7, 11) is 0. The Morgan fingerprint density at radius 3 is 2.58 bits per heavy atom. The number of halogens is 1. The number of hydrogen-bond acceptors (Lipinski definition) is 4. The van der Waals surface area contributed by atoms with Gasteiger partial charge < -0.3 is 14.8 Å². The molecule has 1 amide bonds. The van der Waals surface area contributed by atoms with E-state index in [1.165, 1.54) is 10.7 Å². The Morgan fingerprint density at radius 2 is 1.92 bits per heavy atom. The van der Waals surface area contributed by atoms with Crippen molar-refractivity contribution in [1.82, 2.24) is 9.78 Å². The second-order valence-corrected chi connectivity index (χ2v) is 5.33. The molecule has 0 fully saturated rings. The molecule has 26 heavy (non-hydrogen) atoms. The van der Waals surface area contributed by atoms with E-state index in [-0.39, 0.29) is 6.61 Å². The van der Waals surface area contributed by atoms with Gasteiger partial charge in [0.05, 0.1) is 6.61 Å². The molecular weight excluding hydrogens is 337 g/mol. The maximum atomic E-state index is 14.2. The number of para-hydroxylation sites is 2. The van der Waals surface area contributed by atoms with Gasteiger partial charge in [-0.1, -0.05) is 12.1 Å². The molecule has 7 heteroatoms. The molecular formula is C19H18FN3O3. The molecule has 0 bridgehead atoms. The van der Waals surface area contributed by atoms with Crippen molar-refractivity contribution in [2.24, 2.45) is 0 Å². The van der Waals surface area contributed by atoms with E-state index >= 15 is 0 Å². The fraction of sp³-hybridized carbons (Fsp3) is 0.158. The van der Waals surface area contributed by atoms with E-state index in [2.05, 4.69) is 10.4 Å². The van der Waals surface area contributed by atoms with Crippen molar-refractivity contribution in [2.45, 2.75) is 6.92 Å². The van der Waals surface area contributed by atoms with Crippen LogP contribution >= 0.6 is 0 Å². The minimum Gasteiger partial charge on any atom is -0.490 e. The van der Waals surface area contributed by atoms with Gasteiger partial charge in [0, 0.05) is 18.1 Å². The van der Waals surface area contributed by atoms with Crippen LogP contribution in [0.25, 0.3) is 5.69 Å². The lowest BCUT2D eigenvalue weighted by atomic mass is 10.2. The Morgan fingerprint density at radius 1 is 1.15 bits per heavy atom. The first-order chi connectivity index (χ1) is 12.7. The van der Waals surface area contributed by atoms with Gasteiger partial charge in [-0.2, -0.15) is 5.10 Å². The summed E-state index contributed by atoms with van der Waals surface area (Å²) >= 11 is 0. The van der Waals surface area contributed by atoms with Crippen LogP contribution in [0.15, 0.2) is 60.9 Å². The Hall–Kier alpha value is -3.35. The SMILES string of the molecule is CCOc1ccccc1OCC(=O)Nc1ccc(-n2cccn2)c(F)c1. The molecule has 0 aliphatic rings. The van der Waals surface area contributed by atoms with E-state index in [0.29, 0.717) is 29.5 Å². The second-order valence-electron chi connectivity index (χ2n) is 5.33. The van der Waals surface area contributed by atoms with E-state index in [4.69, 9.17) is 9.47 Å². The minimum absolute atomic E-state index is 0.216. The molecule has 0 unspecified atom stereocenters. The van der Waals surface area contributed by atoms with E-state index in [0.717, 1.165) is 0 Å². The zero-order valence-electron chi connectivity index (χ0n) is 14.2. The maximum Gasteiger partial charge on any atom is 0.262 e. The highest BCUT2D eigenvalue weighted by Crippen LogP contribution is 2.26. The van der Waals surface area contributed by atoms with E-state index in [1.54, 1.807) is 48.8 Å². The lowest BCUT2D eigenvalue weighted by Crippen LogP contribution is -2.20. The molecule has 134 valence electrons. The van der Waals surface area contributed by atoms with Crippen LogP contribution in [0.1, 0.15) is 6.92 Å². The van der Waals surface area contributed by atoms with Gasteiger partial charge in [0.1, 0.15) is 5.69 Å². The Labute approximate surface area is 150 Å². The van der Waals surface area contributed by atoms with Gasteiger partial charge in [-0.05, 0) is 43.3 Å². The van der Waals surface area contributed by atoms with Crippen molar-refractivity contribution in [3.05, 3.63) is 66.7 Å². The fourth-order valence-corrected chi connectivity index (χ4v) is 2.37. The maximum absolute atomic E-state index is 14.2. The number of amides is 1. The molecule has 3 rings (SSSR count). The molecule has 0 radical (unpaired) electrons. The lowest BCUT2D eigenvalue weighted by Gasteiger charge is -2.12. The molecule has 1 aromatic heterocycles. The number of benzene rings is 2. The molecule has 0 saturated heterocycles. The molecule has 3 aromatic rings. The zero-order chi connectivity index (χ0) is 18.4. The van der Waals surface area contributed by atoms with Crippen molar-refractivity contribution >= 4 is 11.6 Å². The number of anilines is 1. The number of rotatable bonds is 7. The van der Waals surface area contributed by atoms with Crippen LogP contribution in [0.5, 0.6) is 11.5 Å². The summed E-state index contributed by atoms with van der Waals surface area (Å²) in [5, 5.41) is 6.58. The highest BCUT2D eigenvalue weighted by molar-refractivity contribution is 5.92. The van der Waals surface area contributed by atoms with Gasteiger partial charge in [0.15, 0.2) is 23.9 Å². The third kappa shape index (κ3) is 4.18. The molecule has 6 nitrogen and oxygen atoms in total. The summed E-state index contributed by atoms with van der Waals surface area (Å²) in [6, 6.07) is 13.2. The standard InChI is InChI=1S/C19H18FN3O3/c1-2-25-17-6-3-4-7-18(17)26-13-19(24)22-14-8-9-16(15(20)12-14)23-11-5-10-21-23/h3-12H,2,13H2,1H3,(H,22,24). The predicted octanol–water partition coefficient (Wildman–Crippen LogP) is 3.43. The van der Waals surface area contributed by atoms with E-state index in [9.17, 15) is 9.18 Å². The minimum atomic E-state index is -0.492. The average molecular weight is 355 g/mol. The third-order valence-electron chi connectivity index (χ3n) is 3.49. The average Bonchev–Trinajstić information content (AvgIpc) is 3.16. The lowest BCUT2D eigenvalue weighted by molar-refractivity contribution is -0.118. The molecule has 0 aliphatic carbocycles. The van der Waals surface area contributed by atoms with Gasteiger partial charge in [-0.15, -0.1) is 0 Å². The van der Waals surface area contributed by atoms with E-state index in [1.807, 2.05) is 13.0 Å². The van der Waals surface area contributed by atoms with Gasteiger partial charge in [-0.3, -0.25) is 4.79 Å². The quantitative estimate of drug-likeness (QED) is 0.705. The Bertz CT molecular complexity index is 881. The number of nitrogens with one attached hydrogen (secondary N) is 1. The summed E-state index contributed by atoms with van der Waals surface area (Å²) in [4.78, 5) is 12.1. The van der Waals surface area contributed by atoms with Gasteiger partial charge in [0.25, 0.3) is 5.91 Å². The van der Waals surface area contributed by atoms with Crippen molar-refractivity contribution in [3.63, 3.8) is 0 Å². The number of ether oxygens (including phenoxy) is 2. The van der Waals surface area contributed by atoms with Crippen LogP contribution in [0.4, 0.5) is 10.1 Å². The van der Waals surface area contributed by atoms with E-state index < -0.39 is 11.7 Å². The number of hydrogen-bond donors (Lipinski definition) is 1. The molecule has 2 aromatic carbocycles. The van der Waals surface area contributed by atoms with Gasteiger partial charge in [0.2, 0.25) is 0 Å². The van der Waals surface area contributed by atoms with Crippen LogP contribution in [0.3, 0.4) is 0 Å². The summed E-state index contributed by atoms with van der Waals surface area (Å²) in [6.07, 6.45) is 3.20. The summed E-state index contributed by atoms with van der Waals surface area (Å²) in [5.41, 5.74) is 0.639. The highest BCUT2D eigenvalue weighted by atomic mass is 19.1. The van der Waals surface area contributed by atoms with Crippen molar-refractivity contribution in [1.29, 1.82) is 0 Å². The largest absolute Gasteiger partial charge is 0.490 e. The number of nitrogens with zero attached hydrogens (tertiary/aromatic N) is 2. The fourth-order valence-electron chi connectivity index (χ4n) is 2.37. The molecule has 0 saturated carbocycles. The van der Waals surface area contributed by atoms with Crippen molar-refractivity contribution < 1.29 is 18.7 Å². The predicted molar refractivity (Wildman–Crippen MR) is 95.3 cm³/mol. The third-order valence-corrected chi connectivity index (χ3v) is 3.49. The smallest absolute Gasteiger partial charge is 0.262 e. The van der Waals surface area contributed by atoms with Crippen LogP contribution in [-0.4, -0.2) is 28.9 Å². The monoisotopic (exact) mass is 355 g/mol. The van der Waals surface area contributed by atoms with Gasteiger partial charge >= 0.3 is 0 Å². The first kappa shape index (κ1) is 17.5. The summed E-state index contributed by atoms with van der Waals surface area (Å²) < 4.78 is 26.5. The summed E-state index contributed by atoms with van der Waals surface area (Å²) in [5.74, 6) is 0.152. The molecule has 1 N–H and O–H groups in total. The van der Waals surface area contributed by atoms with Crippen LogP contribution in [0, 0.1) is 5.82 Å². The Kier molecular flexibility index (Phi) is 5.48. The van der Waals surface area contributed by atoms with Crippen LogP contribution in [0.2, 0.25) is 0 Å². The van der Waals surface area contributed by atoms with Gasteiger partial charge in [-0.25, -0.2) is 9.07 Å². The van der Waals surface area contributed by atoms with Crippen LogP contribution < -0.4 is 14.8 Å². The first-order valence-corrected chi connectivity index (χ1v) is 8.11. The Balaban J connectivity index is 1.61. The zero-order valence-corrected chi connectivity index (χ0v) is 14.2. The summed E-state index contributed by atoms with van der Waals surface area (Å²) in [6.45, 7) is 2.14. The number of aromatic nitrogens is 2. The van der Waals surface area contributed by atoms with Crippen molar-refractivity contribution in [2.75, 3.05) is 18.5 Å². The van der Waals surface area contributed by atoms with Crippen molar-refractivity contribution in [3.8, 4) is 17.2 Å².